The fraction of sp³-hybridized carbons (Fsp3) is 0.933. The van der Waals surface area contributed by atoms with E-state index in [0.717, 1.165) is 38.5 Å². The molecule has 0 spiro atoms. The van der Waals surface area contributed by atoms with Crippen molar-refractivity contribution in [3.05, 3.63) is 12.2 Å². The largest absolute Gasteiger partial charge is 0.457 e. The van der Waals surface area contributed by atoms with Gasteiger partial charge in [-0.1, -0.05) is 174 Å². The number of hydrogen-bond acceptors (Lipinski definition) is 11. The smallest absolute Gasteiger partial charge is 0.397 e. The summed E-state index contributed by atoms with van der Waals surface area (Å²) in [6, 6.07) is 0. The Hall–Kier alpha value is -1.16. The predicted octanol–water partition coefficient (Wildman–Crippen LogP) is 9.86. The molecule has 1 heterocycles. The van der Waals surface area contributed by atoms with E-state index in [1.807, 2.05) is 0 Å². The second kappa shape index (κ2) is 37.6. The van der Waals surface area contributed by atoms with Gasteiger partial charge < -0.3 is 34.3 Å². The van der Waals surface area contributed by atoms with Crippen molar-refractivity contribution in [1.29, 1.82) is 0 Å². The van der Waals surface area contributed by atoms with Crippen LogP contribution in [0.4, 0.5) is 0 Å². The molecule has 0 bridgehead atoms. The zero-order valence-electron chi connectivity index (χ0n) is 36.6. The summed E-state index contributed by atoms with van der Waals surface area (Å²) in [6.07, 6.45) is 31.5. The van der Waals surface area contributed by atoms with Crippen LogP contribution in [-0.4, -0.2) is 97.5 Å². The molecule has 1 fully saturated rings. The van der Waals surface area contributed by atoms with Gasteiger partial charge in [0.25, 0.3) is 0 Å². The Morgan fingerprint density at radius 3 is 1.55 bits per heavy atom. The average molecular weight is 851 g/mol. The van der Waals surface area contributed by atoms with Gasteiger partial charge >= 0.3 is 16.4 Å². The molecular formula is C45H86O12S. The van der Waals surface area contributed by atoms with E-state index >= 15 is 0 Å². The van der Waals surface area contributed by atoms with Crippen molar-refractivity contribution in [3.63, 3.8) is 0 Å². The first-order valence-corrected chi connectivity index (χ1v) is 24.8. The molecule has 4 N–H and O–H groups in total. The monoisotopic (exact) mass is 851 g/mol. The van der Waals surface area contributed by atoms with Crippen molar-refractivity contribution < 1.29 is 56.2 Å². The molecule has 12 nitrogen and oxygen atoms in total. The Balaban J connectivity index is 2.25. The summed E-state index contributed by atoms with van der Waals surface area (Å²) >= 11 is 0. The van der Waals surface area contributed by atoms with Crippen LogP contribution in [0, 0.1) is 0 Å². The molecule has 0 aromatic heterocycles. The van der Waals surface area contributed by atoms with Gasteiger partial charge in [-0.15, -0.1) is 0 Å². The quantitative estimate of drug-likeness (QED) is 0.0198. The van der Waals surface area contributed by atoms with Gasteiger partial charge in [-0.2, -0.15) is 8.42 Å². The SMILES string of the molecule is CCCCCCCCCC/C=C\CCCCCCCCCCCCCCOCC(COC1OC(CO)C(O)C(OS(=O)(=O)O)C1O)OC(=O)CCCCCCCCC. The van der Waals surface area contributed by atoms with E-state index in [-0.39, 0.29) is 19.6 Å². The molecule has 58 heavy (non-hydrogen) atoms. The zero-order valence-corrected chi connectivity index (χ0v) is 37.4. The summed E-state index contributed by atoms with van der Waals surface area (Å²) < 4.78 is 58.9. The van der Waals surface area contributed by atoms with Crippen molar-refractivity contribution in [2.24, 2.45) is 0 Å². The molecule has 6 atom stereocenters. The van der Waals surface area contributed by atoms with Gasteiger partial charge in [0.2, 0.25) is 0 Å². The molecular weight excluding hydrogens is 765 g/mol. The summed E-state index contributed by atoms with van der Waals surface area (Å²) in [5, 5.41) is 30.6. The van der Waals surface area contributed by atoms with E-state index in [9.17, 15) is 28.5 Å². The number of unbranched alkanes of at least 4 members (excludes halogenated alkanes) is 26. The summed E-state index contributed by atoms with van der Waals surface area (Å²) in [5.74, 6) is -0.403. The highest BCUT2D eigenvalue weighted by atomic mass is 32.3. The van der Waals surface area contributed by atoms with Gasteiger partial charge in [-0.05, 0) is 38.5 Å². The fourth-order valence-electron chi connectivity index (χ4n) is 7.32. The zero-order chi connectivity index (χ0) is 42.5. The maximum absolute atomic E-state index is 12.7. The summed E-state index contributed by atoms with van der Waals surface area (Å²) in [6.45, 7) is 3.95. The van der Waals surface area contributed by atoms with Crippen molar-refractivity contribution in [3.8, 4) is 0 Å². The Kier molecular flexibility index (Phi) is 35.6. The Bertz CT molecular complexity index is 1070. The third kappa shape index (κ3) is 30.8. The normalized spacial score (nSPS) is 20.6. The van der Waals surface area contributed by atoms with E-state index < -0.39 is 59.8 Å². The van der Waals surface area contributed by atoms with Gasteiger partial charge in [0.1, 0.15) is 30.5 Å². The van der Waals surface area contributed by atoms with Crippen LogP contribution >= 0.6 is 0 Å². The average Bonchev–Trinajstić information content (AvgIpc) is 3.19. The number of esters is 1. The molecule has 6 unspecified atom stereocenters. The molecule has 1 saturated heterocycles. The molecule has 0 radical (unpaired) electrons. The van der Waals surface area contributed by atoms with Crippen LogP contribution in [0.2, 0.25) is 0 Å². The van der Waals surface area contributed by atoms with Crippen LogP contribution in [-0.2, 0) is 38.3 Å². The number of rotatable bonds is 41. The van der Waals surface area contributed by atoms with Crippen LogP contribution in [0.25, 0.3) is 0 Å². The minimum Gasteiger partial charge on any atom is -0.457 e. The standard InChI is InChI=1S/C45H86O12S/c1-3-5-7-9-11-12-13-14-15-16-17-18-19-20-21-22-23-24-25-26-27-29-31-33-35-53-37-39(55-41(47)34-32-30-28-10-8-6-4-2)38-54-45-43(49)44(57-58(50,51)52)42(48)40(36-46)56-45/h16-17,39-40,42-46,48-49H,3-15,18-38H2,1-2H3,(H,50,51,52)/b17-16-. The lowest BCUT2D eigenvalue weighted by atomic mass is 9.99. The van der Waals surface area contributed by atoms with Crippen LogP contribution in [0.15, 0.2) is 12.2 Å². The number of allylic oxidation sites excluding steroid dienone is 2. The van der Waals surface area contributed by atoms with Gasteiger partial charge in [0.15, 0.2) is 6.29 Å². The first-order valence-electron chi connectivity index (χ1n) is 23.4. The first-order chi connectivity index (χ1) is 28.1. The summed E-state index contributed by atoms with van der Waals surface area (Å²) in [7, 11) is -5.05. The minimum absolute atomic E-state index is 0.0403. The highest BCUT2D eigenvalue weighted by Crippen LogP contribution is 2.26. The number of aliphatic hydroxyl groups excluding tert-OH is 3. The second-order valence-electron chi connectivity index (χ2n) is 16.4. The van der Waals surface area contributed by atoms with Crippen molar-refractivity contribution in [1.82, 2.24) is 0 Å². The van der Waals surface area contributed by atoms with E-state index in [1.54, 1.807) is 0 Å². The van der Waals surface area contributed by atoms with Crippen LogP contribution in [0.1, 0.15) is 206 Å². The summed E-state index contributed by atoms with van der Waals surface area (Å²) in [5.41, 5.74) is 0. The first kappa shape index (κ1) is 54.9. The number of hydrogen-bond donors (Lipinski definition) is 4. The minimum atomic E-state index is -5.05. The van der Waals surface area contributed by atoms with Crippen LogP contribution in [0.3, 0.4) is 0 Å². The van der Waals surface area contributed by atoms with E-state index in [4.69, 9.17) is 23.5 Å². The highest BCUT2D eigenvalue weighted by molar-refractivity contribution is 7.80. The maximum Gasteiger partial charge on any atom is 0.397 e. The molecule has 13 heteroatoms. The molecule has 0 saturated carbocycles. The second-order valence-corrected chi connectivity index (χ2v) is 17.4. The number of carbonyl (C=O) groups excluding carboxylic acids is 1. The van der Waals surface area contributed by atoms with E-state index in [2.05, 4.69) is 30.2 Å². The molecule has 0 aromatic carbocycles. The Morgan fingerprint density at radius 2 is 1.09 bits per heavy atom. The van der Waals surface area contributed by atoms with Gasteiger partial charge in [-0.3, -0.25) is 9.35 Å². The lowest BCUT2D eigenvalue weighted by Crippen LogP contribution is -2.60. The third-order valence-corrected chi connectivity index (χ3v) is 11.4. The van der Waals surface area contributed by atoms with Crippen LogP contribution in [0.5, 0.6) is 0 Å². The van der Waals surface area contributed by atoms with Gasteiger partial charge in [0, 0.05) is 13.0 Å². The number of aliphatic hydroxyl groups is 3. The maximum atomic E-state index is 12.7. The third-order valence-electron chi connectivity index (χ3n) is 10.9. The van der Waals surface area contributed by atoms with Gasteiger partial charge in [0.05, 0.1) is 19.8 Å². The molecule has 1 aliphatic rings. The predicted molar refractivity (Wildman–Crippen MR) is 230 cm³/mol. The molecule has 1 rings (SSSR count). The fourth-order valence-corrected chi connectivity index (χ4v) is 7.82. The molecule has 0 aromatic rings. The lowest BCUT2D eigenvalue weighted by Gasteiger charge is -2.41. The highest BCUT2D eigenvalue weighted by Gasteiger charge is 2.48. The number of ether oxygens (including phenoxy) is 4. The molecule has 1 aliphatic heterocycles. The lowest BCUT2D eigenvalue weighted by molar-refractivity contribution is -0.301. The van der Waals surface area contributed by atoms with E-state index in [1.165, 1.54) is 141 Å². The Labute approximate surface area is 353 Å². The summed E-state index contributed by atoms with van der Waals surface area (Å²) in [4.78, 5) is 12.7. The van der Waals surface area contributed by atoms with Crippen molar-refractivity contribution in [2.75, 3.05) is 26.4 Å². The Morgan fingerprint density at radius 1 is 0.638 bits per heavy atom. The topological polar surface area (TPSA) is 178 Å². The molecule has 0 amide bonds. The molecule has 344 valence electrons. The van der Waals surface area contributed by atoms with E-state index in [0.29, 0.717) is 13.0 Å². The number of carbonyl (C=O) groups is 1. The van der Waals surface area contributed by atoms with Crippen LogP contribution < -0.4 is 0 Å². The molecule has 0 aliphatic carbocycles. The van der Waals surface area contributed by atoms with Gasteiger partial charge in [-0.25, -0.2) is 4.18 Å². The van der Waals surface area contributed by atoms with Crippen molar-refractivity contribution in [2.45, 2.75) is 243 Å². The van der Waals surface area contributed by atoms with Crippen molar-refractivity contribution >= 4 is 16.4 Å².